The number of aromatic nitrogens is 2. The van der Waals surface area contributed by atoms with E-state index in [2.05, 4.69) is 46.7 Å². The molecule has 0 saturated heterocycles. The fourth-order valence-corrected chi connectivity index (χ4v) is 3.92. The summed E-state index contributed by atoms with van der Waals surface area (Å²) in [4.78, 5) is 32.3. The topological polar surface area (TPSA) is 76.5 Å². The van der Waals surface area contributed by atoms with Crippen LogP contribution in [-0.4, -0.2) is 59.6 Å². The monoisotopic (exact) mass is 484 g/mol. The molecule has 0 fully saturated rings. The van der Waals surface area contributed by atoms with Gasteiger partial charge in [-0.3, -0.25) is 4.79 Å². The van der Waals surface area contributed by atoms with Gasteiger partial charge >= 0.3 is 5.97 Å². The summed E-state index contributed by atoms with van der Waals surface area (Å²) in [6, 6.07) is 23.8. The number of hydrogen-bond acceptors (Lipinski definition) is 5. The van der Waals surface area contributed by atoms with Crippen LogP contribution in [0.1, 0.15) is 40.4 Å². The molecule has 7 heteroatoms. The van der Waals surface area contributed by atoms with Crippen molar-refractivity contribution >= 4 is 22.9 Å². The van der Waals surface area contributed by atoms with Crippen molar-refractivity contribution in [2.75, 3.05) is 27.2 Å². The third-order valence-corrected chi connectivity index (χ3v) is 6.30. The van der Waals surface area contributed by atoms with E-state index in [0.717, 1.165) is 16.7 Å². The Bertz CT molecular complexity index is 1340. The first-order chi connectivity index (χ1) is 17.4. The minimum Gasteiger partial charge on any atom is -0.462 e. The van der Waals surface area contributed by atoms with E-state index in [4.69, 9.17) is 4.74 Å². The van der Waals surface area contributed by atoms with E-state index >= 15 is 0 Å². The van der Waals surface area contributed by atoms with Crippen molar-refractivity contribution in [3.63, 3.8) is 0 Å². The van der Waals surface area contributed by atoms with Gasteiger partial charge in [0.15, 0.2) is 5.82 Å². The molecule has 1 N–H and O–H groups in total. The Morgan fingerprint density at radius 2 is 1.69 bits per heavy atom. The van der Waals surface area contributed by atoms with E-state index in [9.17, 15) is 9.59 Å². The average Bonchev–Trinajstić information content (AvgIpc) is 3.25. The molecule has 0 spiro atoms. The van der Waals surface area contributed by atoms with Gasteiger partial charge in [-0.15, -0.1) is 0 Å². The second-order valence-corrected chi connectivity index (χ2v) is 9.03. The largest absolute Gasteiger partial charge is 0.462 e. The molecule has 0 aliphatic rings. The van der Waals surface area contributed by atoms with Gasteiger partial charge < -0.3 is 19.5 Å². The molecule has 0 radical (unpaired) electrons. The number of rotatable bonds is 9. The molecule has 1 heterocycles. The van der Waals surface area contributed by atoms with Crippen LogP contribution in [-0.2, 0) is 11.3 Å². The lowest BCUT2D eigenvalue weighted by atomic mass is 10.0. The predicted molar refractivity (Wildman–Crippen MR) is 142 cm³/mol. The Morgan fingerprint density at radius 3 is 2.36 bits per heavy atom. The molecular weight excluding hydrogens is 452 g/mol. The zero-order valence-electron chi connectivity index (χ0n) is 21.2. The molecule has 4 aromatic rings. The van der Waals surface area contributed by atoms with Crippen LogP contribution in [0, 0.1) is 0 Å². The van der Waals surface area contributed by atoms with Crippen molar-refractivity contribution in [3.05, 3.63) is 89.7 Å². The Kier molecular flexibility index (Phi) is 7.80. The lowest BCUT2D eigenvalue weighted by Crippen LogP contribution is -2.39. The maximum atomic E-state index is 13.2. The number of fused-ring (bicyclic) bond motifs is 1. The first kappa shape index (κ1) is 25.1. The molecule has 1 atom stereocenters. The van der Waals surface area contributed by atoms with Gasteiger partial charge in [0.1, 0.15) is 0 Å². The summed E-state index contributed by atoms with van der Waals surface area (Å²) in [6.45, 7) is 5.04. The molecule has 3 aromatic carbocycles. The van der Waals surface area contributed by atoms with Gasteiger partial charge in [-0.25, -0.2) is 9.78 Å². The fraction of sp³-hybridized carbons (Fsp3) is 0.276. The van der Waals surface area contributed by atoms with E-state index in [0.29, 0.717) is 42.1 Å². The first-order valence-electron chi connectivity index (χ1n) is 12.1. The second-order valence-electron chi connectivity index (χ2n) is 9.03. The van der Waals surface area contributed by atoms with Gasteiger partial charge in [0, 0.05) is 19.1 Å². The normalized spacial score (nSPS) is 12.0. The molecule has 1 amide bonds. The van der Waals surface area contributed by atoms with Gasteiger partial charge in [0.05, 0.1) is 23.2 Å². The van der Waals surface area contributed by atoms with Crippen molar-refractivity contribution in [2.45, 2.75) is 26.4 Å². The third kappa shape index (κ3) is 5.63. The SMILES string of the molecule is CCOC(=O)c1ccc2nc(C(=O)NCC(C)N(C)C)n(Cc3ccc(-c4ccccc4)cc3)c2c1. The van der Waals surface area contributed by atoms with Crippen LogP contribution in [0.15, 0.2) is 72.8 Å². The first-order valence-corrected chi connectivity index (χ1v) is 12.1. The van der Waals surface area contributed by atoms with Gasteiger partial charge in [0.2, 0.25) is 0 Å². The lowest BCUT2D eigenvalue weighted by molar-refractivity contribution is 0.0526. The van der Waals surface area contributed by atoms with Crippen molar-refractivity contribution in [3.8, 4) is 11.1 Å². The number of likely N-dealkylation sites (N-methyl/N-ethyl adjacent to an activating group) is 1. The van der Waals surface area contributed by atoms with Crippen LogP contribution < -0.4 is 5.32 Å². The van der Waals surface area contributed by atoms with E-state index in [1.54, 1.807) is 25.1 Å². The molecule has 1 unspecified atom stereocenters. The summed E-state index contributed by atoms with van der Waals surface area (Å²) in [5.41, 5.74) is 5.07. The number of esters is 1. The van der Waals surface area contributed by atoms with Gasteiger partial charge in [0.25, 0.3) is 5.91 Å². The third-order valence-electron chi connectivity index (χ3n) is 6.30. The summed E-state index contributed by atoms with van der Waals surface area (Å²) < 4.78 is 7.05. The van der Waals surface area contributed by atoms with E-state index in [-0.39, 0.29) is 11.9 Å². The fourth-order valence-electron chi connectivity index (χ4n) is 3.92. The van der Waals surface area contributed by atoms with E-state index in [1.165, 1.54) is 0 Å². The molecule has 186 valence electrons. The highest BCUT2D eigenvalue weighted by Gasteiger charge is 2.20. The number of ether oxygens (including phenoxy) is 1. The number of imidazole rings is 1. The highest BCUT2D eigenvalue weighted by atomic mass is 16.5. The number of nitrogens with zero attached hydrogens (tertiary/aromatic N) is 3. The molecule has 36 heavy (non-hydrogen) atoms. The number of hydrogen-bond donors (Lipinski definition) is 1. The van der Waals surface area contributed by atoms with E-state index in [1.807, 2.05) is 48.7 Å². The number of carbonyl (C=O) groups excluding carboxylic acids is 2. The molecule has 0 saturated carbocycles. The highest BCUT2D eigenvalue weighted by molar-refractivity contribution is 5.98. The molecule has 0 aliphatic carbocycles. The maximum Gasteiger partial charge on any atom is 0.338 e. The zero-order chi connectivity index (χ0) is 25.7. The maximum absolute atomic E-state index is 13.2. The quantitative estimate of drug-likeness (QED) is 0.351. The van der Waals surface area contributed by atoms with Gasteiger partial charge in [-0.05, 0) is 62.8 Å². The molecule has 0 bridgehead atoms. The Balaban J connectivity index is 1.69. The molecule has 7 nitrogen and oxygen atoms in total. The smallest absolute Gasteiger partial charge is 0.338 e. The summed E-state index contributed by atoms with van der Waals surface area (Å²) in [7, 11) is 3.95. The Labute approximate surface area is 211 Å². The van der Waals surface area contributed by atoms with Crippen molar-refractivity contribution in [1.29, 1.82) is 0 Å². The molecule has 4 rings (SSSR count). The Morgan fingerprint density at radius 1 is 1.00 bits per heavy atom. The molecule has 0 aliphatic heterocycles. The molecule has 1 aromatic heterocycles. The van der Waals surface area contributed by atoms with E-state index < -0.39 is 5.97 Å². The van der Waals surface area contributed by atoms with Gasteiger partial charge in [-0.2, -0.15) is 0 Å². The van der Waals surface area contributed by atoms with Crippen LogP contribution in [0.4, 0.5) is 0 Å². The van der Waals surface area contributed by atoms with Crippen LogP contribution in [0.2, 0.25) is 0 Å². The summed E-state index contributed by atoms with van der Waals surface area (Å²) in [5.74, 6) is -0.340. The van der Waals surface area contributed by atoms with Crippen molar-refractivity contribution in [1.82, 2.24) is 19.8 Å². The van der Waals surface area contributed by atoms with Crippen LogP contribution in [0.25, 0.3) is 22.2 Å². The lowest BCUT2D eigenvalue weighted by Gasteiger charge is -2.20. The summed E-state index contributed by atoms with van der Waals surface area (Å²) in [6.07, 6.45) is 0. The van der Waals surface area contributed by atoms with Gasteiger partial charge in [-0.1, -0.05) is 54.6 Å². The minimum atomic E-state index is -0.398. The van der Waals surface area contributed by atoms with Crippen LogP contribution >= 0.6 is 0 Å². The summed E-state index contributed by atoms with van der Waals surface area (Å²) in [5, 5.41) is 3.00. The molecular formula is C29H32N4O3. The highest BCUT2D eigenvalue weighted by Crippen LogP contribution is 2.23. The predicted octanol–water partition coefficient (Wildman–Crippen LogP) is 4.61. The van der Waals surface area contributed by atoms with Crippen LogP contribution in [0.5, 0.6) is 0 Å². The van der Waals surface area contributed by atoms with Crippen LogP contribution in [0.3, 0.4) is 0 Å². The standard InChI is InChI=1S/C29H32N4O3/c1-5-36-29(35)24-15-16-25-26(17-24)33(27(31-25)28(34)30-18-20(2)32(3)4)19-21-11-13-23(14-12-21)22-9-7-6-8-10-22/h6-17,20H,5,18-19H2,1-4H3,(H,30,34). The minimum absolute atomic E-state index is 0.174. The number of benzene rings is 3. The second kappa shape index (κ2) is 11.2. The van der Waals surface area contributed by atoms with Crippen molar-refractivity contribution in [2.24, 2.45) is 0 Å². The summed E-state index contributed by atoms with van der Waals surface area (Å²) >= 11 is 0. The number of carbonyl (C=O) groups is 2. The van der Waals surface area contributed by atoms with Crippen molar-refractivity contribution < 1.29 is 14.3 Å². The Hall–Kier alpha value is -3.97. The number of amides is 1. The number of nitrogens with one attached hydrogen (secondary N) is 1. The zero-order valence-corrected chi connectivity index (χ0v) is 21.2. The average molecular weight is 485 g/mol.